The van der Waals surface area contributed by atoms with E-state index in [9.17, 15) is 18.0 Å². The van der Waals surface area contributed by atoms with E-state index in [-0.39, 0.29) is 36.4 Å². The van der Waals surface area contributed by atoms with Crippen molar-refractivity contribution in [2.75, 3.05) is 13.1 Å². The minimum Gasteiger partial charge on any atom is -0.480 e. The zero-order valence-electron chi connectivity index (χ0n) is 11.9. The molecule has 0 radical (unpaired) electrons. The van der Waals surface area contributed by atoms with Gasteiger partial charge in [-0.2, -0.15) is 0 Å². The van der Waals surface area contributed by atoms with Crippen LogP contribution in [0.2, 0.25) is 0 Å². The Bertz CT molecular complexity index is 640. The fourth-order valence-corrected chi connectivity index (χ4v) is 3.12. The Kier molecular flexibility index (Phi) is 5.15. The third kappa shape index (κ3) is 4.54. The van der Waals surface area contributed by atoms with Crippen molar-refractivity contribution in [2.45, 2.75) is 30.2 Å². The number of carbonyl (C=O) groups excluding carboxylic acids is 1. The minimum absolute atomic E-state index is 0.0191. The second-order valence-corrected chi connectivity index (χ2v) is 6.87. The maximum atomic E-state index is 12.0. The summed E-state index contributed by atoms with van der Waals surface area (Å²) >= 11 is 0. The summed E-state index contributed by atoms with van der Waals surface area (Å²) in [6.45, 7) is -0.395. The number of hydrogen-bond acceptors (Lipinski definition) is 4. The Labute approximate surface area is 129 Å². The molecular weight excluding hydrogens is 308 g/mol. The summed E-state index contributed by atoms with van der Waals surface area (Å²) in [7, 11) is -3.65. The summed E-state index contributed by atoms with van der Waals surface area (Å²) in [4.78, 5) is 24.2. The number of carbonyl (C=O) groups is 2. The highest BCUT2D eigenvalue weighted by Crippen LogP contribution is 2.27. The third-order valence-corrected chi connectivity index (χ3v) is 4.77. The Morgan fingerprint density at radius 3 is 2.41 bits per heavy atom. The molecule has 0 unspecified atom stereocenters. The molecule has 22 heavy (non-hydrogen) atoms. The molecule has 8 heteroatoms. The topological polar surface area (TPSA) is 104 Å². The van der Waals surface area contributed by atoms with Crippen LogP contribution in [0.15, 0.2) is 35.2 Å². The van der Waals surface area contributed by atoms with Gasteiger partial charge in [-0.05, 0) is 25.0 Å². The smallest absolute Gasteiger partial charge is 0.323 e. The molecule has 0 bridgehead atoms. The molecule has 2 rings (SSSR count). The van der Waals surface area contributed by atoms with Crippen LogP contribution in [0.5, 0.6) is 0 Å². The van der Waals surface area contributed by atoms with Gasteiger partial charge in [0.05, 0.1) is 4.90 Å². The molecular formula is C14H18N2O5S. The standard InChI is InChI=1S/C14H18N2O5S/c17-13(16(10-14(18)19)11-6-7-11)8-9-15-22(20,21)12-4-2-1-3-5-12/h1-5,11,15H,6-10H2,(H,18,19). The van der Waals surface area contributed by atoms with Gasteiger partial charge in [0.15, 0.2) is 0 Å². The van der Waals surface area contributed by atoms with E-state index >= 15 is 0 Å². The van der Waals surface area contributed by atoms with Crippen LogP contribution in [0.4, 0.5) is 0 Å². The van der Waals surface area contributed by atoms with Crippen LogP contribution in [0.3, 0.4) is 0 Å². The molecule has 1 amide bonds. The van der Waals surface area contributed by atoms with Crippen LogP contribution in [-0.2, 0) is 19.6 Å². The molecule has 0 aliphatic heterocycles. The van der Waals surface area contributed by atoms with E-state index in [0.29, 0.717) is 0 Å². The predicted molar refractivity (Wildman–Crippen MR) is 78.6 cm³/mol. The van der Waals surface area contributed by atoms with Crippen molar-refractivity contribution >= 4 is 21.9 Å². The van der Waals surface area contributed by atoms with E-state index in [1.165, 1.54) is 17.0 Å². The van der Waals surface area contributed by atoms with E-state index in [0.717, 1.165) is 12.8 Å². The molecule has 120 valence electrons. The Morgan fingerprint density at radius 1 is 1.23 bits per heavy atom. The van der Waals surface area contributed by atoms with Gasteiger partial charge in [0.2, 0.25) is 15.9 Å². The first-order valence-corrected chi connectivity index (χ1v) is 8.44. The molecule has 2 N–H and O–H groups in total. The zero-order chi connectivity index (χ0) is 16.2. The number of carboxylic acid groups (broad SMARTS) is 1. The zero-order valence-corrected chi connectivity index (χ0v) is 12.8. The van der Waals surface area contributed by atoms with Crippen LogP contribution in [0.25, 0.3) is 0 Å². The largest absolute Gasteiger partial charge is 0.480 e. The van der Waals surface area contributed by atoms with Crippen molar-refractivity contribution in [3.05, 3.63) is 30.3 Å². The molecule has 1 saturated carbocycles. The number of nitrogens with zero attached hydrogens (tertiary/aromatic N) is 1. The van der Waals surface area contributed by atoms with Crippen molar-refractivity contribution < 1.29 is 23.1 Å². The number of rotatable bonds is 8. The lowest BCUT2D eigenvalue weighted by molar-refractivity contribution is -0.144. The predicted octanol–water partition coefficient (Wildman–Crippen LogP) is 0.431. The van der Waals surface area contributed by atoms with Crippen molar-refractivity contribution in [3.63, 3.8) is 0 Å². The average molecular weight is 326 g/mol. The Hall–Kier alpha value is -1.93. The first-order chi connectivity index (χ1) is 10.4. The lowest BCUT2D eigenvalue weighted by atomic mass is 10.3. The quantitative estimate of drug-likeness (QED) is 0.721. The number of nitrogens with one attached hydrogen (secondary N) is 1. The van der Waals surface area contributed by atoms with E-state index in [2.05, 4.69) is 4.72 Å². The first-order valence-electron chi connectivity index (χ1n) is 6.96. The second-order valence-electron chi connectivity index (χ2n) is 5.11. The fourth-order valence-electron chi connectivity index (χ4n) is 2.07. The van der Waals surface area contributed by atoms with Crippen molar-refractivity contribution in [1.82, 2.24) is 9.62 Å². The Morgan fingerprint density at radius 2 is 1.86 bits per heavy atom. The molecule has 1 aliphatic carbocycles. The van der Waals surface area contributed by atoms with Crippen molar-refractivity contribution in [3.8, 4) is 0 Å². The molecule has 0 atom stereocenters. The second kappa shape index (κ2) is 6.89. The van der Waals surface area contributed by atoms with Crippen LogP contribution in [0.1, 0.15) is 19.3 Å². The van der Waals surface area contributed by atoms with Gasteiger partial charge in [0.25, 0.3) is 0 Å². The number of sulfonamides is 1. The minimum atomic E-state index is -3.65. The molecule has 1 aliphatic rings. The lowest BCUT2D eigenvalue weighted by Gasteiger charge is -2.20. The number of carboxylic acids is 1. The average Bonchev–Trinajstić information content (AvgIpc) is 3.29. The first kappa shape index (κ1) is 16.4. The van der Waals surface area contributed by atoms with Crippen molar-refractivity contribution in [2.24, 2.45) is 0 Å². The molecule has 0 spiro atoms. The van der Waals surface area contributed by atoms with E-state index in [1.807, 2.05) is 0 Å². The highest BCUT2D eigenvalue weighted by Gasteiger charge is 2.33. The summed E-state index contributed by atoms with van der Waals surface area (Å²) in [5.74, 6) is -1.41. The third-order valence-electron chi connectivity index (χ3n) is 3.30. The summed E-state index contributed by atoms with van der Waals surface area (Å²) in [5, 5.41) is 8.81. The van der Waals surface area contributed by atoms with Crippen LogP contribution in [-0.4, -0.2) is 49.4 Å². The maximum absolute atomic E-state index is 12.0. The monoisotopic (exact) mass is 326 g/mol. The van der Waals surface area contributed by atoms with Gasteiger partial charge in [0, 0.05) is 19.0 Å². The number of amides is 1. The molecule has 1 aromatic rings. The van der Waals surface area contributed by atoms with Crippen molar-refractivity contribution in [1.29, 1.82) is 0 Å². The number of hydrogen-bond donors (Lipinski definition) is 2. The Balaban J connectivity index is 1.87. The van der Waals surface area contributed by atoms with Gasteiger partial charge in [-0.3, -0.25) is 9.59 Å². The molecule has 1 fully saturated rings. The SMILES string of the molecule is O=C(O)CN(C(=O)CCNS(=O)(=O)c1ccccc1)C1CC1. The van der Waals surface area contributed by atoms with Gasteiger partial charge in [0.1, 0.15) is 6.54 Å². The summed E-state index contributed by atoms with van der Waals surface area (Å²) in [6.07, 6.45) is 1.54. The van der Waals surface area contributed by atoms with E-state index < -0.39 is 16.0 Å². The molecule has 7 nitrogen and oxygen atoms in total. The van der Waals surface area contributed by atoms with Gasteiger partial charge in [-0.1, -0.05) is 18.2 Å². The summed E-state index contributed by atoms with van der Waals surface area (Å²) in [5.41, 5.74) is 0. The van der Waals surface area contributed by atoms with Gasteiger partial charge < -0.3 is 10.0 Å². The summed E-state index contributed by atoms with van der Waals surface area (Å²) in [6, 6.07) is 7.84. The number of aliphatic carboxylic acids is 1. The van der Waals surface area contributed by atoms with Crippen LogP contribution >= 0.6 is 0 Å². The normalized spacial score (nSPS) is 14.5. The molecule has 0 heterocycles. The van der Waals surface area contributed by atoms with Gasteiger partial charge >= 0.3 is 5.97 Å². The van der Waals surface area contributed by atoms with E-state index in [4.69, 9.17) is 5.11 Å². The number of benzene rings is 1. The van der Waals surface area contributed by atoms with Gasteiger partial charge in [-0.15, -0.1) is 0 Å². The molecule has 0 aromatic heterocycles. The summed E-state index contributed by atoms with van der Waals surface area (Å²) < 4.78 is 26.3. The molecule has 0 saturated heterocycles. The van der Waals surface area contributed by atoms with Crippen LogP contribution in [0, 0.1) is 0 Å². The van der Waals surface area contributed by atoms with E-state index in [1.54, 1.807) is 18.2 Å². The van der Waals surface area contributed by atoms with Crippen LogP contribution < -0.4 is 4.72 Å². The highest BCUT2D eigenvalue weighted by molar-refractivity contribution is 7.89. The van der Waals surface area contributed by atoms with Gasteiger partial charge in [-0.25, -0.2) is 13.1 Å². The highest BCUT2D eigenvalue weighted by atomic mass is 32.2. The lowest BCUT2D eigenvalue weighted by Crippen LogP contribution is -2.39. The maximum Gasteiger partial charge on any atom is 0.323 e. The molecule has 1 aromatic carbocycles. The fraction of sp³-hybridized carbons (Fsp3) is 0.429.